The van der Waals surface area contributed by atoms with E-state index in [4.69, 9.17) is 17.0 Å². The van der Waals surface area contributed by atoms with E-state index in [1.54, 1.807) is 0 Å². The molecule has 0 aliphatic heterocycles. The number of rotatable bonds is 8. The van der Waals surface area contributed by atoms with Crippen molar-refractivity contribution in [1.29, 1.82) is 0 Å². The Kier molecular flexibility index (Phi) is 8.12. The number of hydrogen-bond donors (Lipinski definition) is 2. The van der Waals surface area contributed by atoms with Crippen LogP contribution in [0.15, 0.2) is 30.5 Å². The molecule has 1 atom stereocenters. The van der Waals surface area contributed by atoms with Crippen LogP contribution in [0.25, 0.3) is 10.9 Å². The number of methoxy groups -OCH3 is 1. The highest BCUT2D eigenvalue weighted by atomic mass is 32.2. The monoisotopic (exact) mass is 407 g/mol. The lowest BCUT2D eigenvalue weighted by molar-refractivity contribution is -0.144. The number of thioether (sulfide) groups is 1. The number of carbonyl (C=O) groups is 2. The number of nitrogens with one attached hydrogen (secondary N) is 2. The molecule has 0 bridgehead atoms. The second-order valence-corrected chi connectivity index (χ2v) is 7.54. The van der Waals surface area contributed by atoms with Crippen LogP contribution in [0, 0.1) is 0 Å². The van der Waals surface area contributed by atoms with Crippen LogP contribution in [0.1, 0.15) is 19.4 Å². The molecule has 2 rings (SSSR count). The van der Waals surface area contributed by atoms with Gasteiger partial charge in [-0.25, -0.2) is 4.79 Å². The van der Waals surface area contributed by atoms with Crippen LogP contribution in [-0.4, -0.2) is 58.1 Å². The predicted octanol–water partition coefficient (Wildman–Crippen LogP) is 2.73. The van der Waals surface area contributed by atoms with Crippen molar-refractivity contribution in [3.8, 4) is 0 Å². The maximum absolute atomic E-state index is 12.3. The SMILES string of the molecule is CCN(CC)C(=S)SCC(=O)N[C@@H](Cc1c[nH]c2ccccc12)C(=O)OC. The number of thiocarbonyl (C=S) groups is 1. The van der Waals surface area contributed by atoms with E-state index in [9.17, 15) is 9.59 Å². The number of esters is 1. The molecular formula is C19H25N3O3S2. The van der Waals surface area contributed by atoms with Crippen molar-refractivity contribution < 1.29 is 14.3 Å². The summed E-state index contributed by atoms with van der Waals surface area (Å²) in [6, 6.07) is 7.09. The van der Waals surface area contributed by atoms with Crippen molar-refractivity contribution in [2.75, 3.05) is 26.0 Å². The smallest absolute Gasteiger partial charge is 0.328 e. The first-order chi connectivity index (χ1) is 13.0. The number of aromatic nitrogens is 1. The molecule has 2 N–H and O–H groups in total. The molecule has 0 radical (unpaired) electrons. The Balaban J connectivity index is 2.01. The Bertz CT molecular complexity index is 802. The van der Waals surface area contributed by atoms with Crippen molar-refractivity contribution in [2.24, 2.45) is 0 Å². The third-order valence-corrected chi connectivity index (χ3v) is 5.79. The molecule has 0 fully saturated rings. The lowest BCUT2D eigenvalue weighted by Crippen LogP contribution is -2.44. The van der Waals surface area contributed by atoms with E-state index in [1.165, 1.54) is 18.9 Å². The summed E-state index contributed by atoms with van der Waals surface area (Å²) >= 11 is 6.64. The molecule has 6 nitrogen and oxygen atoms in total. The fraction of sp³-hybridized carbons (Fsp3) is 0.421. The zero-order valence-electron chi connectivity index (χ0n) is 15.8. The predicted molar refractivity (Wildman–Crippen MR) is 114 cm³/mol. The molecule has 0 unspecified atom stereocenters. The van der Waals surface area contributed by atoms with Crippen LogP contribution in [0.3, 0.4) is 0 Å². The van der Waals surface area contributed by atoms with Gasteiger partial charge < -0.3 is 19.9 Å². The molecule has 27 heavy (non-hydrogen) atoms. The Morgan fingerprint density at radius 2 is 2.00 bits per heavy atom. The van der Waals surface area contributed by atoms with Crippen LogP contribution in [0.4, 0.5) is 0 Å². The second kappa shape index (κ2) is 10.3. The largest absolute Gasteiger partial charge is 0.467 e. The molecule has 1 heterocycles. The minimum Gasteiger partial charge on any atom is -0.467 e. The number of aromatic amines is 1. The molecule has 2 aromatic rings. The van der Waals surface area contributed by atoms with Crippen LogP contribution < -0.4 is 5.32 Å². The summed E-state index contributed by atoms with van der Waals surface area (Å²) in [5, 5.41) is 3.80. The number of amides is 1. The van der Waals surface area contributed by atoms with Crippen molar-refractivity contribution in [1.82, 2.24) is 15.2 Å². The molecule has 0 saturated carbocycles. The Morgan fingerprint density at radius 1 is 1.30 bits per heavy atom. The first kappa shape index (κ1) is 21.2. The van der Waals surface area contributed by atoms with Gasteiger partial charge in [0.15, 0.2) is 0 Å². The third kappa shape index (κ3) is 5.71. The summed E-state index contributed by atoms with van der Waals surface area (Å²) < 4.78 is 5.55. The van der Waals surface area contributed by atoms with Crippen LogP contribution in [0.5, 0.6) is 0 Å². The van der Waals surface area contributed by atoms with Crippen molar-refractivity contribution in [2.45, 2.75) is 26.3 Å². The third-order valence-electron chi connectivity index (χ3n) is 4.27. The maximum Gasteiger partial charge on any atom is 0.328 e. The van der Waals surface area contributed by atoms with E-state index in [0.717, 1.165) is 29.6 Å². The number of benzene rings is 1. The number of fused-ring (bicyclic) bond motifs is 1. The number of ether oxygens (including phenoxy) is 1. The molecule has 0 aliphatic carbocycles. The molecule has 0 spiro atoms. The van der Waals surface area contributed by atoms with Gasteiger partial charge in [-0.15, -0.1) is 0 Å². The number of para-hydroxylation sites is 1. The first-order valence-electron chi connectivity index (χ1n) is 8.84. The summed E-state index contributed by atoms with van der Waals surface area (Å²) in [7, 11) is 1.32. The van der Waals surface area contributed by atoms with E-state index in [-0.39, 0.29) is 11.7 Å². The highest BCUT2D eigenvalue weighted by Gasteiger charge is 2.23. The van der Waals surface area contributed by atoms with E-state index in [0.29, 0.717) is 10.7 Å². The van der Waals surface area contributed by atoms with Gasteiger partial charge in [0.1, 0.15) is 10.4 Å². The number of H-pyrrole nitrogens is 1. The van der Waals surface area contributed by atoms with Crippen LogP contribution >= 0.6 is 24.0 Å². The van der Waals surface area contributed by atoms with Gasteiger partial charge in [-0.3, -0.25) is 4.79 Å². The van der Waals surface area contributed by atoms with Crippen molar-refractivity contribution in [3.05, 3.63) is 36.0 Å². The number of nitrogens with zero attached hydrogens (tertiary/aromatic N) is 1. The quantitative estimate of drug-likeness (QED) is 0.518. The topological polar surface area (TPSA) is 74.4 Å². The van der Waals surface area contributed by atoms with Gasteiger partial charge in [0.2, 0.25) is 5.91 Å². The van der Waals surface area contributed by atoms with E-state index < -0.39 is 12.0 Å². The minimum atomic E-state index is -0.746. The number of hydrogen-bond acceptors (Lipinski definition) is 5. The normalized spacial score (nSPS) is 11.8. The second-order valence-electron chi connectivity index (χ2n) is 5.93. The molecule has 0 aliphatic rings. The summed E-state index contributed by atoms with van der Waals surface area (Å²) in [6.07, 6.45) is 2.21. The molecule has 1 aromatic heterocycles. The van der Waals surface area contributed by atoms with E-state index in [1.807, 2.05) is 49.2 Å². The zero-order valence-corrected chi connectivity index (χ0v) is 17.4. The Labute approximate surface area is 169 Å². The molecular weight excluding hydrogens is 382 g/mol. The average Bonchev–Trinajstić information content (AvgIpc) is 3.09. The van der Waals surface area contributed by atoms with Gasteiger partial charge in [-0.1, -0.05) is 42.2 Å². The number of carbonyl (C=O) groups excluding carboxylic acids is 2. The highest BCUT2D eigenvalue weighted by Crippen LogP contribution is 2.19. The first-order valence-corrected chi connectivity index (χ1v) is 10.2. The molecule has 1 aromatic carbocycles. The maximum atomic E-state index is 12.3. The van der Waals surface area contributed by atoms with Gasteiger partial charge in [-0.2, -0.15) is 0 Å². The van der Waals surface area contributed by atoms with E-state index >= 15 is 0 Å². The summed E-state index contributed by atoms with van der Waals surface area (Å²) in [6.45, 7) is 5.64. The fourth-order valence-electron chi connectivity index (χ4n) is 2.79. The Hall–Kier alpha value is -2.06. The van der Waals surface area contributed by atoms with Gasteiger partial charge in [-0.05, 0) is 25.5 Å². The minimum absolute atomic E-state index is 0.163. The molecule has 8 heteroatoms. The van der Waals surface area contributed by atoms with Crippen LogP contribution in [0.2, 0.25) is 0 Å². The highest BCUT2D eigenvalue weighted by molar-refractivity contribution is 8.23. The molecule has 1 amide bonds. The summed E-state index contributed by atoms with van der Waals surface area (Å²) in [4.78, 5) is 29.7. The lowest BCUT2D eigenvalue weighted by Gasteiger charge is -2.21. The standard InChI is InChI=1S/C19H25N3O3S2/c1-4-22(5-2)19(26)27-12-17(23)21-16(18(24)25-3)10-13-11-20-15-9-7-6-8-14(13)15/h6-9,11,16,20H,4-5,10,12H2,1-3H3,(H,21,23)/t16-/m0/s1. The average molecular weight is 408 g/mol. The molecule has 146 valence electrons. The van der Waals surface area contributed by atoms with E-state index in [2.05, 4.69) is 10.3 Å². The summed E-state index contributed by atoms with van der Waals surface area (Å²) in [5.41, 5.74) is 1.94. The van der Waals surface area contributed by atoms with Crippen molar-refractivity contribution >= 4 is 51.1 Å². The van der Waals surface area contributed by atoms with Crippen LogP contribution in [-0.2, 0) is 20.7 Å². The fourth-order valence-corrected chi connectivity index (χ4v) is 4.01. The van der Waals surface area contributed by atoms with Gasteiger partial charge in [0.05, 0.1) is 12.9 Å². The zero-order chi connectivity index (χ0) is 19.8. The summed E-state index contributed by atoms with van der Waals surface area (Å²) in [5.74, 6) is -0.550. The Morgan fingerprint density at radius 3 is 2.67 bits per heavy atom. The van der Waals surface area contributed by atoms with Crippen molar-refractivity contribution in [3.63, 3.8) is 0 Å². The van der Waals surface area contributed by atoms with Gasteiger partial charge in [0, 0.05) is 36.6 Å². The lowest BCUT2D eigenvalue weighted by atomic mass is 10.0. The molecule has 0 saturated heterocycles. The van der Waals surface area contributed by atoms with Gasteiger partial charge >= 0.3 is 5.97 Å². The van der Waals surface area contributed by atoms with Gasteiger partial charge in [0.25, 0.3) is 0 Å².